The number of carbonyl (C=O) groups is 4. The van der Waals surface area contributed by atoms with Gasteiger partial charge < -0.3 is 20.5 Å². The maximum absolute atomic E-state index is 13.0. The number of methoxy groups -OCH3 is 1. The van der Waals surface area contributed by atoms with Gasteiger partial charge in [0.1, 0.15) is 11.3 Å². The van der Waals surface area contributed by atoms with Crippen LogP contribution in [0.5, 0.6) is 5.75 Å². The molecule has 0 spiro atoms. The van der Waals surface area contributed by atoms with Crippen molar-refractivity contribution in [2.75, 3.05) is 24.8 Å². The lowest BCUT2D eigenvalue weighted by molar-refractivity contribution is -0.119. The molecule has 0 aliphatic heterocycles. The molecule has 1 amide bonds. The Balaban J connectivity index is 1.52. The third kappa shape index (κ3) is 4.04. The zero-order chi connectivity index (χ0) is 23.7. The highest BCUT2D eigenvalue weighted by molar-refractivity contribution is 6.33. The number of benzene rings is 3. The minimum atomic E-state index is -0.848. The van der Waals surface area contributed by atoms with E-state index in [9.17, 15) is 19.2 Å². The van der Waals surface area contributed by atoms with Crippen LogP contribution in [0.3, 0.4) is 0 Å². The molecule has 0 radical (unpaired) electrons. The van der Waals surface area contributed by atoms with Crippen LogP contribution < -0.4 is 15.8 Å². The molecule has 0 unspecified atom stereocenters. The standard InChI is InChI=1S/C24H17ClN2O6/c1-32-19-10-17(26)16(25)9-15(19)24(31)33-11-20(28)27-18-8-4-7-14-21(18)23(30)13-6-3-2-5-12(13)22(14)29/h2-10H,11,26H2,1H3,(H,27,28). The zero-order valence-electron chi connectivity index (χ0n) is 17.3. The van der Waals surface area contributed by atoms with Gasteiger partial charge in [-0.15, -0.1) is 0 Å². The van der Waals surface area contributed by atoms with Gasteiger partial charge in [0.25, 0.3) is 5.91 Å². The topological polar surface area (TPSA) is 125 Å². The van der Waals surface area contributed by atoms with Crippen molar-refractivity contribution in [2.24, 2.45) is 0 Å². The Kier molecular flexibility index (Phi) is 5.85. The maximum Gasteiger partial charge on any atom is 0.342 e. The number of hydrogen-bond donors (Lipinski definition) is 2. The predicted octanol–water partition coefficient (Wildman–Crippen LogP) is 3.50. The minimum absolute atomic E-state index is 0.000952. The SMILES string of the molecule is COc1cc(N)c(Cl)cc1C(=O)OCC(=O)Nc1cccc2c1C(=O)c1ccccc1C2=O. The maximum atomic E-state index is 13.0. The lowest BCUT2D eigenvalue weighted by Gasteiger charge is -2.20. The molecule has 0 saturated heterocycles. The molecule has 0 bridgehead atoms. The second-order valence-corrected chi connectivity index (χ2v) is 7.54. The fraction of sp³-hybridized carbons (Fsp3) is 0.0833. The van der Waals surface area contributed by atoms with E-state index in [2.05, 4.69) is 5.32 Å². The molecule has 9 heteroatoms. The molecule has 1 aliphatic carbocycles. The van der Waals surface area contributed by atoms with Gasteiger partial charge in [0.05, 0.1) is 29.1 Å². The third-order valence-electron chi connectivity index (χ3n) is 5.10. The number of halogens is 1. The summed E-state index contributed by atoms with van der Waals surface area (Å²) in [5.74, 6) is -2.10. The summed E-state index contributed by atoms with van der Waals surface area (Å²) < 4.78 is 10.2. The van der Waals surface area contributed by atoms with E-state index in [1.165, 1.54) is 31.4 Å². The lowest BCUT2D eigenvalue weighted by Crippen LogP contribution is -2.26. The summed E-state index contributed by atoms with van der Waals surface area (Å²) in [5.41, 5.74) is 6.92. The highest BCUT2D eigenvalue weighted by atomic mass is 35.5. The quantitative estimate of drug-likeness (QED) is 0.342. The molecule has 0 aromatic heterocycles. The van der Waals surface area contributed by atoms with Crippen molar-refractivity contribution < 1.29 is 28.7 Å². The fourth-order valence-electron chi connectivity index (χ4n) is 3.54. The molecule has 33 heavy (non-hydrogen) atoms. The fourth-order valence-corrected chi connectivity index (χ4v) is 3.71. The third-order valence-corrected chi connectivity index (χ3v) is 5.43. The van der Waals surface area contributed by atoms with Gasteiger partial charge in [0.15, 0.2) is 18.2 Å². The Morgan fingerprint density at radius 1 is 0.970 bits per heavy atom. The monoisotopic (exact) mass is 464 g/mol. The van der Waals surface area contributed by atoms with Crippen molar-refractivity contribution in [1.29, 1.82) is 0 Å². The van der Waals surface area contributed by atoms with Crippen molar-refractivity contribution in [2.45, 2.75) is 0 Å². The van der Waals surface area contributed by atoms with E-state index in [-0.39, 0.29) is 56.0 Å². The van der Waals surface area contributed by atoms with Gasteiger partial charge in [-0.25, -0.2) is 4.79 Å². The molecule has 0 fully saturated rings. The Hall–Kier alpha value is -4.17. The largest absolute Gasteiger partial charge is 0.496 e. The van der Waals surface area contributed by atoms with Crippen LogP contribution in [-0.4, -0.2) is 37.2 Å². The summed E-state index contributed by atoms with van der Waals surface area (Å²) in [7, 11) is 1.35. The first-order chi connectivity index (χ1) is 15.8. The van der Waals surface area contributed by atoms with Crippen LogP contribution in [0, 0.1) is 0 Å². The molecular formula is C24H17ClN2O6. The molecule has 3 N–H and O–H groups in total. The number of nitrogens with two attached hydrogens (primary N) is 1. The number of anilines is 2. The van der Waals surface area contributed by atoms with Crippen LogP contribution in [0.25, 0.3) is 0 Å². The van der Waals surface area contributed by atoms with Gasteiger partial charge in [-0.3, -0.25) is 14.4 Å². The van der Waals surface area contributed by atoms with Gasteiger partial charge in [-0.2, -0.15) is 0 Å². The van der Waals surface area contributed by atoms with Crippen molar-refractivity contribution in [3.05, 3.63) is 87.4 Å². The summed E-state index contributed by atoms with van der Waals surface area (Å²) in [6, 6.07) is 13.7. The molecule has 1 aliphatic rings. The molecule has 8 nitrogen and oxygen atoms in total. The normalized spacial score (nSPS) is 11.9. The average Bonchev–Trinajstić information content (AvgIpc) is 2.82. The number of nitrogen functional groups attached to an aromatic ring is 1. The second-order valence-electron chi connectivity index (χ2n) is 7.13. The van der Waals surface area contributed by atoms with Crippen LogP contribution in [-0.2, 0) is 9.53 Å². The second kappa shape index (κ2) is 8.76. The average molecular weight is 465 g/mol. The highest BCUT2D eigenvalue weighted by Crippen LogP contribution is 2.32. The highest BCUT2D eigenvalue weighted by Gasteiger charge is 2.31. The number of amides is 1. The lowest BCUT2D eigenvalue weighted by atomic mass is 9.83. The van der Waals surface area contributed by atoms with E-state index < -0.39 is 18.5 Å². The van der Waals surface area contributed by atoms with Crippen molar-refractivity contribution in [1.82, 2.24) is 0 Å². The van der Waals surface area contributed by atoms with Crippen molar-refractivity contribution >= 4 is 46.4 Å². The molecule has 3 aromatic carbocycles. The number of esters is 1. The van der Waals surface area contributed by atoms with E-state index in [4.69, 9.17) is 26.8 Å². The Morgan fingerprint density at radius 2 is 1.64 bits per heavy atom. The van der Waals surface area contributed by atoms with Gasteiger partial charge in [-0.05, 0) is 12.1 Å². The minimum Gasteiger partial charge on any atom is -0.496 e. The number of carbonyl (C=O) groups excluding carboxylic acids is 4. The number of nitrogens with one attached hydrogen (secondary N) is 1. The summed E-state index contributed by atoms with van der Waals surface area (Å²) in [6.07, 6.45) is 0. The first kappa shape index (κ1) is 22.0. The molecule has 4 rings (SSSR count). The van der Waals surface area contributed by atoms with Gasteiger partial charge in [-0.1, -0.05) is 48.0 Å². The molecule has 0 heterocycles. The Labute approximate surface area is 193 Å². The van der Waals surface area contributed by atoms with E-state index in [0.717, 1.165) is 0 Å². The summed E-state index contributed by atoms with van der Waals surface area (Å²) in [6.45, 7) is -0.646. The van der Waals surface area contributed by atoms with Crippen LogP contribution in [0.4, 0.5) is 11.4 Å². The number of hydrogen-bond acceptors (Lipinski definition) is 7. The number of ether oxygens (including phenoxy) is 2. The first-order valence-corrected chi connectivity index (χ1v) is 10.1. The first-order valence-electron chi connectivity index (χ1n) is 9.73. The zero-order valence-corrected chi connectivity index (χ0v) is 18.1. The molecule has 166 valence electrons. The van der Waals surface area contributed by atoms with E-state index in [1.54, 1.807) is 30.3 Å². The van der Waals surface area contributed by atoms with Crippen molar-refractivity contribution in [3.63, 3.8) is 0 Å². The van der Waals surface area contributed by atoms with Crippen LogP contribution in [0.2, 0.25) is 5.02 Å². The predicted molar refractivity (Wildman–Crippen MR) is 121 cm³/mol. The smallest absolute Gasteiger partial charge is 0.342 e. The molecular weight excluding hydrogens is 448 g/mol. The molecule has 0 atom stereocenters. The van der Waals surface area contributed by atoms with Gasteiger partial charge in [0.2, 0.25) is 0 Å². The van der Waals surface area contributed by atoms with Gasteiger partial charge in [0, 0.05) is 22.8 Å². The van der Waals surface area contributed by atoms with E-state index in [1.807, 2.05) is 0 Å². The van der Waals surface area contributed by atoms with E-state index in [0.29, 0.717) is 5.56 Å². The van der Waals surface area contributed by atoms with Crippen LogP contribution in [0.15, 0.2) is 54.6 Å². The molecule has 0 saturated carbocycles. The summed E-state index contributed by atoms with van der Waals surface area (Å²) >= 11 is 5.96. The van der Waals surface area contributed by atoms with Crippen LogP contribution in [0.1, 0.15) is 42.2 Å². The molecule has 3 aromatic rings. The Morgan fingerprint density at radius 3 is 2.33 bits per heavy atom. The Bertz CT molecular complexity index is 1330. The van der Waals surface area contributed by atoms with E-state index >= 15 is 0 Å². The number of ketones is 2. The number of rotatable bonds is 5. The number of fused-ring (bicyclic) bond motifs is 2. The summed E-state index contributed by atoms with van der Waals surface area (Å²) in [5, 5.41) is 2.67. The van der Waals surface area contributed by atoms with Gasteiger partial charge >= 0.3 is 5.97 Å². The van der Waals surface area contributed by atoms with Crippen LogP contribution >= 0.6 is 11.6 Å². The summed E-state index contributed by atoms with van der Waals surface area (Å²) in [4.78, 5) is 50.7. The van der Waals surface area contributed by atoms with Crippen molar-refractivity contribution in [3.8, 4) is 5.75 Å².